The highest BCUT2D eigenvalue weighted by Gasteiger charge is 2.13. The molecule has 5 heteroatoms. The third kappa shape index (κ3) is 5.08. The lowest BCUT2D eigenvalue weighted by atomic mass is 10.1. The van der Waals surface area contributed by atoms with E-state index in [9.17, 15) is 4.79 Å². The van der Waals surface area contributed by atoms with Gasteiger partial charge in [0, 0.05) is 26.0 Å². The van der Waals surface area contributed by atoms with Crippen molar-refractivity contribution in [2.75, 3.05) is 20.3 Å². The van der Waals surface area contributed by atoms with E-state index in [4.69, 9.17) is 9.84 Å². The van der Waals surface area contributed by atoms with Crippen LogP contribution in [0.25, 0.3) is 0 Å². The van der Waals surface area contributed by atoms with Crippen LogP contribution in [0.15, 0.2) is 18.3 Å². The van der Waals surface area contributed by atoms with Crippen LogP contribution in [0.3, 0.4) is 0 Å². The fourth-order valence-corrected chi connectivity index (χ4v) is 1.48. The zero-order chi connectivity index (χ0) is 14.1. The summed E-state index contributed by atoms with van der Waals surface area (Å²) in [4.78, 5) is 16.1. The van der Waals surface area contributed by atoms with E-state index in [0.717, 1.165) is 6.42 Å². The molecule has 0 spiro atoms. The fraction of sp³-hybridized carbons (Fsp3) is 0.429. The summed E-state index contributed by atoms with van der Waals surface area (Å²) in [5.74, 6) is 4.95. The van der Waals surface area contributed by atoms with Gasteiger partial charge >= 0.3 is 0 Å². The van der Waals surface area contributed by atoms with Crippen LogP contribution in [0, 0.1) is 11.8 Å². The van der Waals surface area contributed by atoms with Gasteiger partial charge in [-0.2, -0.15) is 0 Å². The third-order valence-corrected chi connectivity index (χ3v) is 2.46. The zero-order valence-corrected chi connectivity index (χ0v) is 11.1. The van der Waals surface area contributed by atoms with Crippen LogP contribution < -0.4 is 5.32 Å². The second kappa shape index (κ2) is 8.25. The van der Waals surface area contributed by atoms with E-state index in [1.54, 1.807) is 25.4 Å². The molecule has 0 saturated heterocycles. The van der Waals surface area contributed by atoms with E-state index in [1.165, 1.54) is 0 Å². The van der Waals surface area contributed by atoms with Crippen LogP contribution in [-0.4, -0.2) is 42.4 Å². The Kier molecular flexibility index (Phi) is 6.58. The van der Waals surface area contributed by atoms with Crippen LogP contribution in [-0.2, 0) is 4.74 Å². The van der Waals surface area contributed by atoms with Crippen molar-refractivity contribution in [1.82, 2.24) is 10.3 Å². The van der Waals surface area contributed by atoms with Crippen LogP contribution >= 0.6 is 0 Å². The molecule has 0 bridgehead atoms. The van der Waals surface area contributed by atoms with E-state index in [-0.39, 0.29) is 24.2 Å². The summed E-state index contributed by atoms with van der Waals surface area (Å²) in [6, 6.07) is 3.39. The van der Waals surface area contributed by atoms with Gasteiger partial charge < -0.3 is 15.2 Å². The van der Waals surface area contributed by atoms with Gasteiger partial charge in [-0.3, -0.25) is 4.79 Å². The van der Waals surface area contributed by atoms with Crippen molar-refractivity contribution in [3.8, 4) is 11.8 Å². The number of methoxy groups -OCH3 is 1. The van der Waals surface area contributed by atoms with E-state index in [0.29, 0.717) is 12.2 Å². The van der Waals surface area contributed by atoms with Gasteiger partial charge in [-0.25, -0.2) is 4.98 Å². The average Bonchev–Trinajstić information content (AvgIpc) is 2.43. The Balaban J connectivity index is 2.76. The van der Waals surface area contributed by atoms with Gasteiger partial charge in [0.25, 0.3) is 5.91 Å². The molecule has 0 aliphatic rings. The first-order chi connectivity index (χ1) is 9.19. The van der Waals surface area contributed by atoms with Crippen molar-refractivity contribution in [3.63, 3.8) is 0 Å². The number of aromatic nitrogens is 1. The Labute approximate surface area is 113 Å². The molecule has 2 N–H and O–H groups in total. The first kappa shape index (κ1) is 15.2. The molecule has 0 aliphatic heterocycles. The number of ether oxygens (including phenoxy) is 1. The summed E-state index contributed by atoms with van der Waals surface area (Å²) >= 11 is 0. The molecule has 0 aliphatic carbocycles. The summed E-state index contributed by atoms with van der Waals surface area (Å²) in [6.07, 6.45) is 2.27. The molecule has 1 amide bonds. The molecule has 0 saturated carbocycles. The van der Waals surface area contributed by atoms with Crippen LogP contribution in [0.2, 0.25) is 0 Å². The normalized spacial score (nSPS) is 11.3. The van der Waals surface area contributed by atoms with Gasteiger partial charge in [0.05, 0.1) is 5.56 Å². The van der Waals surface area contributed by atoms with E-state index in [1.807, 2.05) is 6.92 Å². The minimum atomic E-state index is -0.272. The number of nitrogens with zero attached hydrogens (tertiary/aromatic N) is 1. The number of hydrogen-bond donors (Lipinski definition) is 2. The monoisotopic (exact) mass is 262 g/mol. The largest absolute Gasteiger partial charge is 0.385 e. The highest BCUT2D eigenvalue weighted by molar-refractivity contribution is 5.94. The van der Waals surface area contributed by atoms with Gasteiger partial charge in [0.2, 0.25) is 0 Å². The van der Waals surface area contributed by atoms with Gasteiger partial charge in [-0.1, -0.05) is 11.8 Å². The number of carbonyl (C=O) groups is 1. The van der Waals surface area contributed by atoms with Crippen molar-refractivity contribution < 1.29 is 14.6 Å². The zero-order valence-electron chi connectivity index (χ0n) is 11.1. The predicted octanol–water partition coefficient (Wildman–Crippen LogP) is 0.580. The molecule has 0 aromatic carbocycles. The van der Waals surface area contributed by atoms with Crippen molar-refractivity contribution in [3.05, 3.63) is 29.6 Å². The average molecular weight is 262 g/mol. The quantitative estimate of drug-likeness (QED) is 0.761. The Morgan fingerprint density at radius 1 is 1.63 bits per heavy atom. The van der Waals surface area contributed by atoms with Gasteiger partial charge in [0.15, 0.2) is 0 Å². The molecule has 1 aromatic heterocycles. The molecule has 1 aromatic rings. The van der Waals surface area contributed by atoms with E-state index >= 15 is 0 Å². The number of nitrogens with one attached hydrogen (secondary N) is 1. The molecule has 1 heterocycles. The molecule has 5 nitrogen and oxygen atoms in total. The highest BCUT2D eigenvalue weighted by atomic mass is 16.5. The molecule has 1 rings (SSSR count). The summed E-state index contributed by atoms with van der Waals surface area (Å²) < 4.78 is 4.96. The van der Waals surface area contributed by atoms with Gasteiger partial charge in [-0.05, 0) is 25.5 Å². The maximum Gasteiger partial charge on any atom is 0.271 e. The molecule has 1 atom stereocenters. The van der Waals surface area contributed by atoms with Crippen LogP contribution in [0.4, 0.5) is 0 Å². The predicted molar refractivity (Wildman–Crippen MR) is 71.6 cm³/mol. The lowest BCUT2D eigenvalue weighted by molar-refractivity contribution is 0.0924. The number of pyridine rings is 1. The fourth-order valence-electron chi connectivity index (χ4n) is 1.48. The topological polar surface area (TPSA) is 71.5 Å². The van der Waals surface area contributed by atoms with Crippen LogP contribution in [0.5, 0.6) is 0 Å². The maximum atomic E-state index is 12.1. The minimum absolute atomic E-state index is 0.00638. The smallest absolute Gasteiger partial charge is 0.271 e. The Morgan fingerprint density at radius 3 is 3.11 bits per heavy atom. The van der Waals surface area contributed by atoms with Crippen molar-refractivity contribution >= 4 is 5.91 Å². The lowest BCUT2D eigenvalue weighted by Crippen LogP contribution is -2.34. The third-order valence-electron chi connectivity index (χ3n) is 2.46. The number of rotatable bonds is 5. The standard InChI is InChI=1S/C14H18N2O3/c1-11(7-10-19-2)16-14(18)13-12(6-4-9-17)5-3-8-15-13/h3,5,8,11,17H,7,9-10H2,1-2H3,(H,16,18). The van der Waals surface area contributed by atoms with E-state index < -0.39 is 0 Å². The number of carbonyl (C=O) groups excluding carboxylic acids is 1. The molecular formula is C14H18N2O3. The number of hydrogen-bond acceptors (Lipinski definition) is 4. The molecule has 1 unspecified atom stereocenters. The SMILES string of the molecule is COCCC(C)NC(=O)c1ncccc1C#CCO. The van der Waals surface area contributed by atoms with E-state index in [2.05, 4.69) is 22.1 Å². The number of aliphatic hydroxyl groups is 1. The summed E-state index contributed by atoms with van der Waals surface area (Å²) in [7, 11) is 1.62. The summed E-state index contributed by atoms with van der Waals surface area (Å²) in [5, 5.41) is 11.5. The molecular weight excluding hydrogens is 244 g/mol. The minimum Gasteiger partial charge on any atom is -0.385 e. The second-order valence-electron chi connectivity index (χ2n) is 4.02. The Bertz CT molecular complexity index is 477. The molecule has 0 fully saturated rings. The van der Waals surface area contributed by atoms with Crippen molar-refractivity contribution in [2.24, 2.45) is 0 Å². The van der Waals surface area contributed by atoms with Crippen molar-refractivity contribution in [2.45, 2.75) is 19.4 Å². The molecule has 0 radical (unpaired) electrons. The van der Waals surface area contributed by atoms with Gasteiger partial charge in [-0.15, -0.1) is 0 Å². The second-order valence-corrected chi connectivity index (χ2v) is 4.02. The number of aliphatic hydroxyl groups excluding tert-OH is 1. The molecule has 19 heavy (non-hydrogen) atoms. The summed E-state index contributed by atoms with van der Waals surface area (Å²) in [5.41, 5.74) is 0.778. The van der Waals surface area contributed by atoms with Gasteiger partial charge in [0.1, 0.15) is 12.3 Å². The Morgan fingerprint density at radius 2 is 2.42 bits per heavy atom. The first-order valence-corrected chi connectivity index (χ1v) is 6.03. The maximum absolute atomic E-state index is 12.1. The highest BCUT2D eigenvalue weighted by Crippen LogP contribution is 2.04. The van der Waals surface area contributed by atoms with Crippen molar-refractivity contribution in [1.29, 1.82) is 0 Å². The Hall–Kier alpha value is -1.90. The first-order valence-electron chi connectivity index (χ1n) is 6.03. The number of amides is 1. The molecule has 102 valence electrons. The van der Waals surface area contributed by atoms with Crippen LogP contribution in [0.1, 0.15) is 29.4 Å². The lowest BCUT2D eigenvalue weighted by Gasteiger charge is -2.13. The summed E-state index contributed by atoms with van der Waals surface area (Å²) in [6.45, 7) is 2.24.